The lowest BCUT2D eigenvalue weighted by molar-refractivity contribution is -0.120. The van der Waals surface area contributed by atoms with Crippen LogP contribution in [0, 0.1) is 5.92 Å². The number of benzene rings is 1. The maximum absolute atomic E-state index is 12.5. The lowest BCUT2D eigenvalue weighted by Gasteiger charge is -2.13. The number of amidine groups is 1. The van der Waals surface area contributed by atoms with Crippen LogP contribution in [0.4, 0.5) is 5.69 Å². The molecule has 0 saturated carbocycles. The fourth-order valence-electron chi connectivity index (χ4n) is 2.74. The number of hydrogen-bond acceptors (Lipinski definition) is 3. The van der Waals surface area contributed by atoms with Crippen molar-refractivity contribution in [3.63, 3.8) is 0 Å². The first-order chi connectivity index (χ1) is 11.4. The van der Waals surface area contributed by atoms with Gasteiger partial charge in [0.15, 0.2) is 0 Å². The van der Waals surface area contributed by atoms with Crippen molar-refractivity contribution in [1.82, 2.24) is 4.90 Å². The average molecular weight is 351 g/mol. The minimum Gasteiger partial charge on any atom is -0.362 e. The van der Waals surface area contributed by atoms with Crippen LogP contribution < -0.4 is 5.32 Å². The molecule has 1 aliphatic heterocycles. The van der Waals surface area contributed by atoms with Gasteiger partial charge in [-0.05, 0) is 37.5 Å². The molecule has 2 rings (SSSR count). The molecule has 0 unspecified atom stereocenters. The number of carbonyl (C=O) groups is 1. The van der Waals surface area contributed by atoms with Gasteiger partial charge in [0, 0.05) is 31.6 Å². The van der Waals surface area contributed by atoms with Gasteiger partial charge in [0.2, 0.25) is 5.91 Å². The molecule has 1 fully saturated rings. The van der Waals surface area contributed by atoms with Crippen LogP contribution in [0.1, 0.15) is 39.5 Å². The van der Waals surface area contributed by atoms with Crippen LogP contribution in [-0.2, 0) is 14.8 Å². The maximum Gasteiger partial charge on any atom is 0.284 e. The van der Waals surface area contributed by atoms with Crippen LogP contribution in [0.5, 0.6) is 0 Å². The second kappa shape index (κ2) is 7.79. The van der Waals surface area contributed by atoms with Crippen LogP contribution in [0.3, 0.4) is 0 Å². The molecule has 1 aromatic carbocycles. The minimum atomic E-state index is -3.77. The Labute approximate surface area is 144 Å². The zero-order valence-corrected chi connectivity index (χ0v) is 15.3. The molecule has 7 heteroatoms. The second-order valence-corrected chi connectivity index (χ2v) is 7.64. The molecule has 1 heterocycles. The molecule has 0 aliphatic carbocycles. The van der Waals surface area contributed by atoms with E-state index in [4.69, 9.17) is 0 Å². The molecular weight excluding hydrogens is 326 g/mol. The van der Waals surface area contributed by atoms with E-state index in [-0.39, 0.29) is 16.7 Å². The third-order valence-electron chi connectivity index (χ3n) is 4.32. The molecule has 24 heavy (non-hydrogen) atoms. The molecule has 1 saturated heterocycles. The number of hydrogen-bond donors (Lipinski definition) is 1. The van der Waals surface area contributed by atoms with Crippen LogP contribution in [0.25, 0.3) is 0 Å². The van der Waals surface area contributed by atoms with E-state index in [1.54, 1.807) is 12.1 Å². The Morgan fingerprint density at radius 1 is 1.33 bits per heavy atom. The van der Waals surface area contributed by atoms with Crippen molar-refractivity contribution in [2.45, 2.75) is 44.4 Å². The lowest BCUT2D eigenvalue weighted by Crippen LogP contribution is -2.22. The van der Waals surface area contributed by atoms with Gasteiger partial charge < -0.3 is 10.2 Å². The largest absolute Gasteiger partial charge is 0.362 e. The smallest absolute Gasteiger partial charge is 0.284 e. The third kappa shape index (κ3) is 4.35. The molecule has 1 aliphatic rings. The van der Waals surface area contributed by atoms with Crippen molar-refractivity contribution >= 4 is 27.5 Å². The molecule has 0 bridgehead atoms. The molecule has 6 nitrogen and oxygen atoms in total. The molecule has 0 atom stereocenters. The summed E-state index contributed by atoms with van der Waals surface area (Å²) in [6.07, 6.45) is 3.08. The van der Waals surface area contributed by atoms with Gasteiger partial charge >= 0.3 is 0 Å². The van der Waals surface area contributed by atoms with E-state index in [9.17, 15) is 13.2 Å². The summed E-state index contributed by atoms with van der Waals surface area (Å²) in [6.45, 7) is 4.74. The quantitative estimate of drug-likeness (QED) is 0.855. The number of likely N-dealkylation sites (tertiary alicyclic amines) is 1. The molecule has 0 radical (unpaired) electrons. The fraction of sp³-hybridized carbons (Fsp3) is 0.529. The van der Waals surface area contributed by atoms with Crippen LogP contribution >= 0.6 is 0 Å². The predicted octanol–water partition coefficient (Wildman–Crippen LogP) is 2.87. The normalized spacial score (nSPS) is 16.8. The van der Waals surface area contributed by atoms with Crippen molar-refractivity contribution in [2.75, 3.05) is 18.9 Å². The van der Waals surface area contributed by atoms with Gasteiger partial charge in [-0.2, -0.15) is 8.42 Å². The number of amides is 1. The SMILES string of the molecule is CCC(CC)C(=O)Nc1cccc(S(=O)(=O)/N=C2/CCCN2C)c1. The Kier molecular flexibility index (Phi) is 5.99. The lowest BCUT2D eigenvalue weighted by atomic mass is 10.0. The number of nitrogens with one attached hydrogen (secondary N) is 1. The van der Waals surface area contributed by atoms with E-state index in [0.717, 1.165) is 25.8 Å². The highest BCUT2D eigenvalue weighted by molar-refractivity contribution is 7.90. The summed E-state index contributed by atoms with van der Waals surface area (Å²) in [7, 11) is -1.93. The first-order valence-electron chi connectivity index (χ1n) is 8.33. The van der Waals surface area contributed by atoms with E-state index >= 15 is 0 Å². The molecule has 0 aromatic heterocycles. The highest BCUT2D eigenvalue weighted by atomic mass is 32.2. The van der Waals surface area contributed by atoms with E-state index in [2.05, 4.69) is 9.71 Å². The summed E-state index contributed by atoms with van der Waals surface area (Å²) in [5, 5.41) is 2.80. The second-order valence-electron chi connectivity index (χ2n) is 6.04. The van der Waals surface area contributed by atoms with Gasteiger partial charge in [-0.3, -0.25) is 4.79 Å². The van der Waals surface area contributed by atoms with E-state index in [0.29, 0.717) is 17.9 Å². The molecule has 132 valence electrons. The standard InChI is InChI=1S/C17H25N3O3S/c1-4-13(5-2)17(21)18-14-8-6-9-15(12-14)24(22,23)19-16-10-7-11-20(16)3/h6,8-9,12-13H,4-5,7,10-11H2,1-3H3,(H,18,21)/b19-16-. The van der Waals surface area contributed by atoms with E-state index < -0.39 is 10.0 Å². The molecule has 1 aromatic rings. The van der Waals surface area contributed by atoms with Gasteiger partial charge in [-0.25, -0.2) is 0 Å². The summed E-state index contributed by atoms with van der Waals surface area (Å²) in [6, 6.07) is 6.28. The van der Waals surface area contributed by atoms with Crippen LogP contribution in [-0.4, -0.2) is 38.7 Å². The summed E-state index contributed by atoms with van der Waals surface area (Å²) in [4.78, 5) is 14.1. The Balaban J connectivity index is 2.22. The van der Waals surface area contributed by atoms with Crippen molar-refractivity contribution in [2.24, 2.45) is 10.3 Å². The zero-order valence-electron chi connectivity index (χ0n) is 14.4. The Bertz CT molecular complexity index is 724. The van der Waals surface area contributed by atoms with E-state index in [1.165, 1.54) is 12.1 Å². The summed E-state index contributed by atoms with van der Waals surface area (Å²) >= 11 is 0. The summed E-state index contributed by atoms with van der Waals surface area (Å²) in [5.41, 5.74) is 0.480. The van der Waals surface area contributed by atoms with Gasteiger partial charge in [0.05, 0.1) is 4.90 Å². The molecule has 1 amide bonds. The van der Waals surface area contributed by atoms with E-state index in [1.807, 2.05) is 25.8 Å². The fourth-order valence-corrected chi connectivity index (χ4v) is 3.88. The highest BCUT2D eigenvalue weighted by Crippen LogP contribution is 2.21. The molecule has 0 spiro atoms. The van der Waals surface area contributed by atoms with Crippen molar-refractivity contribution in [3.05, 3.63) is 24.3 Å². The van der Waals surface area contributed by atoms with Crippen molar-refractivity contribution in [1.29, 1.82) is 0 Å². The Hall–Kier alpha value is -1.89. The molecular formula is C17H25N3O3S. The minimum absolute atomic E-state index is 0.0716. The first-order valence-corrected chi connectivity index (χ1v) is 9.77. The van der Waals surface area contributed by atoms with Gasteiger partial charge in [-0.1, -0.05) is 19.9 Å². The van der Waals surface area contributed by atoms with Crippen LogP contribution in [0.15, 0.2) is 33.6 Å². The third-order valence-corrected chi connectivity index (χ3v) is 5.62. The number of anilines is 1. The van der Waals surface area contributed by atoms with Gasteiger partial charge in [0.1, 0.15) is 5.84 Å². The average Bonchev–Trinajstić information content (AvgIpc) is 2.93. The van der Waals surface area contributed by atoms with Gasteiger partial charge in [0.25, 0.3) is 10.0 Å². The Morgan fingerprint density at radius 3 is 2.62 bits per heavy atom. The number of carbonyl (C=O) groups excluding carboxylic acids is 1. The molecule has 1 N–H and O–H groups in total. The highest BCUT2D eigenvalue weighted by Gasteiger charge is 2.21. The van der Waals surface area contributed by atoms with Gasteiger partial charge in [-0.15, -0.1) is 4.40 Å². The van der Waals surface area contributed by atoms with Crippen molar-refractivity contribution < 1.29 is 13.2 Å². The Morgan fingerprint density at radius 2 is 2.04 bits per heavy atom. The zero-order chi connectivity index (χ0) is 17.7. The number of nitrogens with zero attached hydrogens (tertiary/aromatic N) is 2. The predicted molar refractivity (Wildman–Crippen MR) is 95.6 cm³/mol. The maximum atomic E-state index is 12.5. The number of sulfonamides is 1. The summed E-state index contributed by atoms with van der Waals surface area (Å²) < 4.78 is 28.9. The van der Waals surface area contributed by atoms with Crippen molar-refractivity contribution in [3.8, 4) is 0 Å². The summed E-state index contributed by atoms with van der Waals surface area (Å²) in [5.74, 6) is 0.426. The van der Waals surface area contributed by atoms with Crippen LogP contribution in [0.2, 0.25) is 0 Å². The first kappa shape index (κ1) is 18.4. The topological polar surface area (TPSA) is 78.8 Å². The monoisotopic (exact) mass is 351 g/mol. The number of rotatable bonds is 6.